The Morgan fingerprint density at radius 3 is 2.81 bits per heavy atom. The van der Waals surface area contributed by atoms with Crippen molar-refractivity contribution in [1.29, 1.82) is 0 Å². The van der Waals surface area contributed by atoms with Crippen LogP contribution in [-0.4, -0.2) is 23.7 Å². The van der Waals surface area contributed by atoms with E-state index in [2.05, 4.69) is 29.4 Å². The summed E-state index contributed by atoms with van der Waals surface area (Å²) in [6.45, 7) is 5.89. The Kier molecular flexibility index (Phi) is 5.81. The number of nitrogens with one attached hydrogen (secondary N) is 2. The lowest BCUT2D eigenvalue weighted by atomic mass is 10.0. The van der Waals surface area contributed by atoms with Crippen molar-refractivity contribution in [3.8, 4) is 5.75 Å². The number of hydrogen-bond acceptors (Lipinski definition) is 3. The number of para-hydroxylation sites is 1. The van der Waals surface area contributed by atoms with Crippen LogP contribution in [0.2, 0.25) is 5.02 Å². The molecule has 5 nitrogen and oxygen atoms in total. The van der Waals surface area contributed by atoms with Gasteiger partial charge in [0.1, 0.15) is 5.75 Å². The number of hydrazone groups is 1. The molecule has 6 heteroatoms. The zero-order valence-corrected chi connectivity index (χ0v) is 16.3. The quantitative estimate of drug-likeness (QED) is 0.475. The Hall–Kier alpha value is -2.79. The van der Waals surface area contributed by atoms with Crippen molar-refractivity contribution in [3.63, 3.8) is 0 Å². The fourth-order valence-electron chi connectivity index (χ4n) is 2.76. The number of carbonyl (C=O) groups excluding carboxylic acids is 1. The van der Waals surface area contributed by atoms with Gasteiger partial charge in [-0.1, -0.05) is 43.6 Å². The number of nitrogens with zero attached hydrogens (tertiary/aromatic N) is 1. The summed E-state index contributed by atoms with van der Waals surface area (Å²) in [6.07, 6.45) is 1.57. The van der Waals surface area contributed by atoms with Crippen molar-refractivity contribution < 1.29 is 9.53 Å². The van der Waals surface area contributed by atoms with Crippen LogP contribution in [0.4, 0.5) is 0 Å². The predicted octanol–water partition coefficient (Wildman–Crippen LogP) is 4.78. The number of fused-ring (bicyclic) bond motifs is 1. The zero-order valence-electron chi connectivity index (χ0n) is 15.5. The minimum atomic E-state index is -0.329. The number of carbonyl (C=O) groups is 1. The van der Waals surface area contributed by atoms with Crippen molar-refractivity contribution >= 4 is 34.6 Å². The van der Waals surface area contributed by atoms with Crippen LogP contribution in [0.1, 0.15) is 36.6 Å². The van der Waals surface area contributed by atoms with E-state index < -0.39 is 0 Å². The molecule has 140 valence electrons. The summed E-state index contributed by atoms with van der Waals surface area (Å²) in [5.74, 6) is 0.576. The van der Waals surface area contributed by atoms with Crippen molar-refractivity contribution in [1.82, 2.24) is 10.4 Å². The molecule has 0 unspecified atom stereocenters. The van der Waals surface area contributed by atoms with Crippen LogP contribution in [0.25, 0.3) is 10.9 Å². The summed E-state index contributed by atoms with van der Waals surface area (Å²) in [4.78, 5) is 15.2. The van der Waals surface area contributed by atoms with Crippen molar-refractivity contribution in [3.05, 3.63) is 64.3 Å². The number of aryl methyl sites for hydroxylation is 1. The fraction of sp³-hybridized carbons (Fsp3) is 0.238. The standard InChI is InChI=1S/C21H22ClN3O2/c1-13(2)17-10-18(22)14(3)8-20(17)27-12-21(26)25-23-11-16-9-15-6-4-5-7-19(15)24-16/h4-11,13,24H,12H2,1-3H3,(H,25,26)/b23-11-. The molecule has 1 aromatic heterocycles. The minimum absolute atomic E-state index is 0.120. The van der Waals surface area contributed by atoms with E-state index in [4.69, 9.17) is 16.3 Å². The molecule has 0 fully saturated rings. The number of ether oxygens (including phenoxy) is 1. The molecule has 3 aromatic rings. The van der Waals surface area contributed by atoms with Crippen LogP contribution in [-0.2, 0) is 4.79 Å². The van der Waals surface area contributed by atoms with Crippen LogP contribution in [0, 0.1) is 6.92 Å². The molecule has 0 aliphatic rings. The number of rotatable bonds is 6. The van der Waals surface area contributed by atoms with Gasteiger partial charge in [-0.05, 0) is 48.2 Å². The summed E-state index contributed by atoms with van der Waals surface area (Å²) in [5, 5.41) is 5.77. The third-order valence-corrected chi connectivity index (χ3v) is 4.62. The average Bonchev–Trinajstić information content (AvgIpc) is 3.05. The van der Waals surface area contributed by atoms with Crippen LogP contribution in [0.5, 0.6) is 5.75 Å². The zero-order chi connectivity index (χ0) is 19.4. The van der Waals surface area contributed by atoms with Crippen LogP contribution >= 0.6 is 11.6 Å². The summed E-state index contributed by atoms with van der Waals surface area (Å²) in [7, 11) is 0. The largest absolute Gasteiger partial charge is 0.483 e. The summed E-state index contributed by atoms with van der Waals surface area (Å²) < 4.78 is 5.69. The van der Waals surface area contributed by atoms with Gasteiger partial charge in [0.25, 0.3) is 5.91 Å². The number of aromatic amines is 1. The first-order valence-corrected chi connectivity index (χ1v) is 9.14. The van der Waals surface area contributed by atoms with Gasteiger partial charge >= 0.3 is 0 Å². The molecule has 0 saturated heterocycles. The summed E-state index contributed by atoms with van der Waals surface area (Å²) in [5.41, 5.74) is 6.20. The molecule has 0 radical (unpaired) electrons. The molecule has 1 amide bonds. The summed E-state index contributed by atoms with van der Waals surface area (Å²) >= 11 is 6.19. The third-order valence-electron chi connectivity index (χ3n) is 4.22. The Bertz CT molecular complexity index is 959. The molecule has 0 aliphatic carbocycles. The highest BCUT2D eigenvalue weighted by molar-refractivity contribution is 6.31. The number of halogens is 1. The van der Waals surface area contributed by atoms with E-state index in [1.807, 2.05) is 49.4 Å². The molecule has 27 heavy (non-hydrogen) atoms. The summed E-state index contributed by atoms with van der Waals surface area (Å²) in [6, 6.07) is 13.6. The van der Waals surface area contributed by atoms with Gasteiger partial charge in [-0.2, -0.15) is 5.10 Å². The SMILES string of the molecule is Cc1cc(OCC(=O)N/N=C\c2cc3ccccc3[nH]2)c(C(C)C)cc1Cl. The molecule has 2 N–H and O–H groups in total. The maximum atomic E-state index is 12.0. The molecule has 2 aromatic carbocycles. The first-order valence-electron chi connectivity index (χ1n) is 8.76. The maximum absolute atomic E-state index is 12.0. The van der Waals surface area contributed by atoms with Crippen molar-refractivity contribution in [2.75, 3.05) is 6.61 Å². The normalized spacial score (nSPS) is 11.4. The van der Waals surface area contributed by atoms with Crippen molar-refractivity contribution in [2.24, 2.45) is 5.10 Å². The molecule has 0 atom stereocenters. The molecular weight excluding hydrogens is 362 g/mol. The number of benzene rings is 2. The average molecular weight is 384 g/mol. The lowest BCUT2D eigenvalue weighted by Gasteiger charge is -2.15. The lowest BCUT2D eigenvalue weighted by molar-refractivity contribution is -0.123. The van der Waals surface area contributed by atoms with Gasteiger partial charge in [-0.15, -0.1) is 0 Å². The fourth-order valence-corrected chi connectivity index (χ4v) is 2.93. The Morgan fingerprint density at radius 2 is 2.07 bits per heavy atom. The highest BCUT2D eigenvalue weighted by Crippen LogP contribution is 2.31. The van der Waals surface area contributed by atoms with Crippen LogP contribution in [0.15, 0.2) is 47.6 Å². The van der Waals surface area contributed by atoms with E-state index in [0.717, 1.165) is 27.7 Å². The van der Waals surface area contributed by atoms with Gasteiger partial charge in [0.05, 0.1) is 11.9 Å². The second kappa shape index (κ2) is 8.27. The van der Waals surface area contributed by atoms with E-state index in [-0.39, 0.29) is 18.4 Å². The first-order chi connectivity index (χ1) is 12.9. The second-order valence-corrected chi connectivity index (χ2v) is 7.09. The van der Waals surface area contributed by atoms with Crippen molar-refractivity contribution in [2.45, 2.75) is 26.7 Å². The Balaban J connectivity index is 1.59. The first kappa shape index (κ1) is 19.0. The van der Waals surface area contributed by atoms with Crippen LogP contribution in [0.3, 0.4) is 0 Å². The Morgan fingerprint density at radius 1 is 1.30 bits per heavy atom. The molecule has 0 spiro atoms. The molecule has 0 saturated carbocycles. The second-order valence-electron chi connectivity index (χ2n) is 6.69. The number of H-pyrrole nitrogens is 1. The van der Waals surface area contributed by atoms with Crippen LogP contribution < -0.4 is 10.2 Å². The van der Waals surface area contributed by atoms with E-state index in [1.165, 1.54) is 0 Å². The maximum Gasteiger partial charge on any atom is 0.277 e. The third kappa shape index (κ3) is 4.68. The van der Waals surface area contributed by atoms with Gasteiger partial charge in [0.15, 0.2) is 6.61 Å². The van der Waals surface area contributed by atoms with Gasteiger partial charge in [0.2, 0.25) is 0 Å². The highest BCUT2D eigenvalue weighted by Gasteiger charge is 2.12. The molecule has 1 heterocycles. The lowest BCUT2D eigenvalue weighted by Crippen LogP contribution is -2.25. The van der Waals surface area contributed by atoms with E-state index in [0.29, 0.717) is 10.8 Å². The molecule has 0 aliphatic heterocycles. The van der Waals surface area contributed by atoms with E-state index >= 15 is 0 Å². The smallest absolute Gasteiger partial charge is 0.277 e. The topological polar surface area (TPSA) is 66.5 Å². The predicted molar refractivity (Wildman–Crippen MR) is 110 cm³/mol. The van der Waals surface area contributed by atoms with Gasteiger partial charge < -0.3 is 9.72 Å². The monoisotopic (exact) mass is 383 g/mol. The van der Waals surface area contributed by atoms with Gasteiger partial charge in [-0.3, -0.25) is 4.79 Å². The molecule has 0 bridgehead atoms. The van der Waals surface area contributed by atoms with E-state index in [9.17, 15) is 4.79 Å². The molecular formula is C21H22ClN3O2. The highest BCUT2D eigenvalue weighted by atomic mass is 35.5. The minimum Gasteiger partial charge on any atom is -0.483 e. The number of hydrogen-bond donors (Lipinski definition) is 2. The number of aromatic nitrogens is 1. The number of amides is 1. The molecule has 3 rings (SSSR count). The van der Waals surface area contributed by atoms with E-state index in [1.54, 1.807) is 6.21 Å². The Labute approximate surface area is 163 Å². The van der Waals surface area contributed by atoms with Gasteiger partial charge in [0, 0.05) is 15.9 Å². The van der Waals surface area contributed by atoms with Gasteiger partial charge in [-0.25, -0.2) is 5.43 Å².